The predicted octanol–water partition coefficient (Wildman–Crippen LogP) is 6.30. The first-order valence-corrected chi connectivity index (χ1v) is 11.6. The Kier molecular flexibility index (Phi) is 6.45. The Morgan fingerprint density at radius 1 is 1.08 bits per heavy atom. The minimum atomic E-state index is -4.44. The van der Waals surface area contributed by atoms with Crippen LogP contribution >= 0.6 is 0 Å². The number of carbonyl (C=O) groups excluding carboxylic acids is 1. The van der Waals surface area contributed by atoms with Crippen molar-refractivity contribution in [2.24, 2.45) is 0 Å². The van der Waals surface area contributed by atoms with Crippen LogP contribution in [0.4, 0.5) is 13.2 Å². The maximum atomic E-state index is 12.7. The Hall–Kier alpha value is -4.14. The van der Waals surface area contributed by atoms with Crippen molar-refractivity contribution in [2.75, 3.05) is 0 Å². The summed E-state index contributed by atoms with van der Waals surface area (Å²) in [6.45, 7) is 0. The molecule has 1 aliphatic rings. The first-order valence-electron chi connectivity index (χ1n) is 11.6. The lowest BCUT2D eigenvalue weighted by atomic mass is 9.89. The summed E-state index contributed by atoms with van der Waals surface area (Å²) in [7, 11) is 0. The van der Waals surface area contributed by atoms with Crippen LogP contribution in [0.3, 0.4) is 0 Å². The molecule has 0 unspecified atom stereocenters. The zero-order valence-electron chi connectivity index (χ0n) is 19.2. The van der Waals surface area contributed by atoms with Gasteiger partial charge in [-0.15, -0.1) is 0 Å². The molecule has 3 heterocycles. The lowest BCUT2D eigenvalue weighted by molar-refractivity contribution is -0.137. The van der Waals surface area contributed by atoms with Crippen LogP contribution in [0.25, 0.3) is 11.7 Å². The molecule has 1 fully saturated rings. The third-order valence-corrected chi connectivity index (χ3v) is 6.07. The molecule has 4 aromatic rings. The van der Waals surface area contributed by atoms with E-state index in [0.29, 0.717) is 11.4 Å². The number of alkyl halides is 3. The Bertz CT molecular complexity index is 1370. The Labute approximate surface area is 205 Å². The van der Waals surface area contributed by atoms with E-state index in [1.54, 1.807) is 12.3 Å². The van der Waals surface area contributed by atoms with Crippen molar-refractivity contribution in [1.29, 1.82) is 0 Å². The molecule has 3 aromatic heterocycles. The topological polar surface area (TPSA) is 68.5 Å². The van der Waals surface area contributed by atoms with Gasteiger partial charge in [0.05, 0.1) is 5.56 Å². The molecule has 5 rings (SSSR count). The number of aromatic nitrogens is 3. The van der Waals surface area contributed by atoms with Gasteiger partial charge in [-0.05, 0) is 61.6 Å². The molecule has 184 valence electrons. The fraction of sp³-hybridized carbons (Fsp3) is 0.222. The van der Waals surface area contributed by atoms with Crippen molar-refractivity contribution in [1.82, 2.24) is 19.7 Å². The van der Waals surface area contributed by atoms with Crippen LogP contribution < -0.4 is 10.1 Å². The molecule has 1 saturated carbocycles. The number of allylic oxidation sites excluding steroid dienone is 1. The van der Waals surface area contributed by atoms with Crippen LogP contribution in [-0.4, -0.2) is 26.3 Å². The molecule has 0 spiro atoms. The van der Waals surface area contributed by atoms with Gasteiger partial charge in [0.1, 0.15) is 17.1 Å². The van der Waals surface area contributed by atoms with Crippen LogP contribution in [0.1, 0.15) is 47.3 Å². The number of hydrogen-bond acceptors (Lipinski definition) is 4. The van der Waals surface area contributed by atoms with Crippen LogP contribution in [0.5, 0.6) is 11.6 Å². The highest BCUT2D eigenvalue weighted by Crippen LogP contribution is 2.31. The van der Waals surface area contributed by atoms with E-state index in [4.69, 9.17) is 4.74 Å². The van der Waals surface area contributed by atoms with Gasteiger partial charge in [-0.3, -0.25) is 4.79 Å². The molecule has 0 radical (unpaired) electrons. The Morgan fingerprint density at radius 3 is 2.64 bits per heavy atom. The largest absolute Gasteiger partial charge is 0.439 e. The SMILES string of the molecule is O=C(NC1CCC(=Cc2cccc(Oc3ccc(C(F)(F)F)cn3)c2)CC1)c1cn2ccccc2n1. The lowest BCUT2D eigenvalue weighted by Crippen LogP contribution is -2.36. The summed E-state index contributed by atoms with van der Waals surface area (Å²) in [5, 5.41) is 3.09. The molecule has 1 aromatic carbocycles. The summed E-state index contributed by atoms with van der Waals surface area (Å²) in [6.07, 6.45) is 5.36. The van der Waals surface area contributed by atoms with Gasteiger partial charge in [0, 0.05) is 30.7 Å². The van der Waals surface area contributed by atoms with Gasteiger partial charge in [-0.1, -0.05) is 29.8 Å². The molecule has 36 heavy (non-hydrogen) atoms. The number of imidazole rings is 1. The molecule has 0 bridgehead atoms. The van der Waals surface area contributed by atoms with Crippen LogP contribution in [0.15, 0.2) is 78.8 Å². The predicted molar refractivity (Wildman–Crippen MR) is 129 cm³/mol. The summed E-state index contributed by atoms with van der Waals surface area (Å²) in [5.74, 6) is 0.414. The third-order valence-electron chi connectivity index (χ3n) is 6.07. The Balaban J connectivity index is 1.17. The van der Waals surface area contributed by atoms with Crippen molar-refractivity contribution in [3.05, 3.63) is 95.6 Å². The van der Waals surface area contributed by atoms with Crippen molar-refractivity contribution in [3.63, 3.8) is 0 Å². The molecular formula is C27H23F3N4O2. The summed E-state index contributed by atoms with van der Waals surface area (Å²) in [5.41, 5.74) is 2.51. The third kappa shape index (κ3) is 5.56. The van der Waals surface area contributed by atoms with E-state index in [1.807, 2.05) is 47.0 Å². The number of ether oxygens (including phenoxy) is 1. The van der Waals surface area contributed by atoms with E-state index >= 15 is 0 Å². The second kappa shape index (κ2) is 9.85. The Morgan fingerprint density at radius 2 is 1.92 bits per heavy atom. The van der Waals surface area contributed by atoms with Gasteiger partial charge in [0.15, 0.2) is 0 Å². The number of nitrogens with zero attached hydrogens (tertiary/aromatic N) is 3. The number of halogens is 3. The molecular weight excluding hydrogens is 469 g/mol. The zero-order valence-corrected chi connectivity index (χ0v) is 19.2. The molecule has 0 saturated heterocycles. The van der Waals surface area contributed by atoms with E-state index < -0.39 is 11.7 Å². The zero-order chi connectivity index (χ0) is 25.1. The van der Waals surface area contributed by atoms with Crippen molar-refractivity contribution < 1.29 is 22.7 Å². The highest BCUT2D eigenvalue weighted by molar-refractivity contribution is 5.93. The summed E-state index contributed by atoms with van der Waals surface area (Å²) in [4.78, 5) is 20.8. The van der Waals surface area contributed by atoms with Gasteiger partial charge in [-0.25, -0.2) is 9.97 Å². The summed E-state index contributed by atoms with van der Waals surface area (Å²) >= 11 is 0. The number of fused-ring (bicyclic) bond motifs is 1. The van der Waals surface area contributed by atoms with Gasteiger partial charge in [0.2, 0.25) is 5.88 Å². The number of hydrogen-bond donors (Lipinski definition) is 1. The summed E-state index contributed by atoms with van der Waals surface area (Å²) < 4.78 is 45.6. The first-order chi connectivity index (χ1) is 17.3. The number of carbonyl (C=O) groups is 1. The minimum absolute atomic E-state index is 0.0832. The van der Waals surface area contributed by atoms with Crippen LogP contribution in [0, 0.1) is 0 Å². The maximum absolute atomic E-state index is 12.7. The average Bonchev–Trinajstić information content (AvgIpc) is 3.30. The van der Waals surface area contributed by atoms with E-state index in [0.717, 1.165) is 49.2 Å². The average molecular weight is 493 g/mol. The number of nitrogens with one attached hydrogen (secondary N) is 1. The molecule has 6 nitrogen and oxygen atoms in total. The van der Waals surface area contributed by atoms with E-state index in [-0.39, 0.29) is 17.8 Å². The molecule has 1 amide bonds. The molecule has 0 atom stereocenters. The van der Waals surface area contributed by atoms with Gasteiger partial charge < -0.3 is 14.5 Å². The quantitative estimate of drug-likeness (QED) is 0.355. The van der Waals surface area contributed by atoms with E-state index in [2.05, 4.69) is 21.4 Å². The van der Waals surface area contributed by atoms with E-state index in [1.165, 1.54) is 11.6 Å². The molecule has 1 aliphatic carbocycles. The summed E-state index contributed by atoms with van der Waals surface area (Å²) in [6, 6.07) is 15.2. The van der Waals surface area contributed by atoms with Crippen molar-refractivity contribution in [2.45, 2.75) is 37.9 Å². The van der Waals surface area contributed by atoms with Gasteiger partial charge in [0.25, 0.3) is 5.91 Å². The highest BCUT2D eigenvalue weighted by Gasteiger charge is 2.30. The maximum Gasteiger partial charge on any atom is 0.417 e. The highest BCUT2D eigenvalue weighted by atomic mass is 19.4. The number of rotatable bonds is 5. The van der Waals surface area contributed by atoms with Gasteiger partial charge >= 0.3 is 6.18 Å². The first kappa shape index (κ1) is 23.6. The molecule has 0 aliphatic heterocycles. The fourth-order valence-electron chi connectivity index (χ4n) is 4.21. The lowest BCUT2D eigenvalue weighted by Gasteiger charge is -2.24. The van der Waals surface area contributed by atoms with Crippen molar-refractivity contribution in [3.8, 4) is 11.6 Å². The van der Waals surface area contributed by atoms with Crippen LogP contribution in [-0.2, 0) is 6.18 Å². The van der Waals surface area contributed by atoms with Crippen LogP contribution in [0.2, 0.25) is 0 Å². The number of pyridine rings is 2. The van der Waals surface area contributed by atoms with E-state index in [9.17, 15) is 18.0 Å². The molecule has 1 N–H and O–H groups in total. The minimum Gasteiger partial charge on any atom is -0.439 e. The molecule has 9 heteroatoms. The monoisotopic (exact) mass is 492 g/mol. The number of benzene rings is 1. The number of amides is 1. The van der Waals surface area contributed by atoms with Crippen molar-refractivity contribution >= 4 is 17.6 Å². The standard InChI is InChI=1S/C27H23F3N4O2/c28-27(29,30)20-9-12-25(31-16-20)36-22-5-3-4-19(15-22)14-18-7-10-21(11-8-18)32-26(35)23-17-34-13-2-1-6-24(34)33-23/h1-6,9,12-17,21H,7-8,10-11H2,(H,32,35). The normalized spacial score (nSPS) is 16.1. The second-order valence-electron chi connectivity index (χ2n) is 8.70. The fourth-order valence-corrected chi connectivity index (χ4v) is 4.21. The smallest absolute Gasteiger partial charge is 0.417 e. The van der Waals surface area contributed by atoms with Gasteiger partial charge in [-0.2, -0.15) is 13.2 Å². The second-order valence-corrected chi connectivity index (χ2v) is 8.70.